The zero-order valence-electron chi connectivity index (χ0n) is 17.0. The number of fused-ring (bicyclic) bond motifs is 1. The van der Waals surface area contributed by atoms with E-state index in [1.165, 1.54) is 17.5 Å². The molecule has 1 saturated heterocycles. The minimum Gasteiger partial charge on any atom is -0.379 e. The zero-order valence-corrected chi connectivity index (χ0v) is 19.3. The third-order valence-corrected chi connectivity index (χ3v) is 5.23. The Morgan fingerprint density at radius 2 is 2.00 bits per heavy atom. The molecule has 0 saturated carbocycles. The van der Waals surface area contributed by atoms with Crippen molar-refractivity contribution in [2.75, 3.05) is 53.0 Å². The highest BCUT2D eigenvalue weighted by Crippen LogP contribution is 2.18. The lowest BCUT2D eigenvalue weighted by molar-refractivity contribution is 0.0420. The molecule has 2 heterocycles. The molecule has 6 nitrogen and oxygen atoms in total. The average molecular weight is 502 g/mol. The van der Waals surface area contributed by atoms with Gasteiger partial charge in [-0.1, -0.05) is 24.3 Å². The van der Waals surface area contributed by atoms with Crippen molar-refractivity contribution in [3.05, 3.63) is 35.4 Å². The Hall–Kier alpha value is -0.900. The second-order valence-corrected chi connectivity index (χ2v) is 7.28. The third kappa shape index (κ3) is 7.85. The number of nitrogens with one attached hydrogen (secondary N) is 2. The first kappa shape index (κ1) is 23.4. The van der Waals surface area contributed by atoms with Crippen LogP contribution in [0.1, 0.15) is 30.4 Å². The van der Waals surface area contributed by atoms with Crippen LogP contribution in [-0.4, -0.2) is 70.0 Å². The molecule has 2 aliphatic heterocycles. The molecule has 2 N–H and O–H groups in total. The minimum absolute atomic E-state index is 0. The number of hydrogen-bond donors (Lipinski definition) is 2. The van der Waals surface area contributed by atoms with Gasteiger partial charge in [-0.25, -0.2) is 0 Å². The van der Waals surface area contributed by atoms with Crippen LogP contribution in [0, 0.1) is 0 Å². The molecule has 1 fully saturated rings. The smallest absolute Gasteiger partial charge is 0.190 e. The second-order valence-electron chi connectivity index (χ2n) is 7.28. The predicted octanol–water partition coefficient (Wildman–Crippen LogP) is 2.41. The van der Waals surface area contributed by atoms with Gasteiger partial charge in [0.1, 0.15) is 0 Å². The molecule has 0 bridgehead atoms. The summed E-state index contributed by atoms with van der Waals surface area (Å²) in [5, 5.41) is 6.77. The number of halogens is 1. The summed E-state index contributed by atoms with van der Waals surface area (Å²) in [5.74, 6) is 0.878. The molecule has 1 unspecified atom stereocenters. The number of rotatable bonds is 9. The summed E-state index contributed by atoms with van der Waals surface area (Å²) in [4.78, 5) is 6.84. The summed E-state index contributed by atoms with van der Waals surface area (Å²) in [7, 11) is 1.82. The van der Waals surface area contributed by atoms with Gasteiger partial charge in [0.2, 0.25) is 0 Å². The third-order valence-electron chi connectivity index (χ3n) is 5.23. The Morgan fingerprint density at radius 3 is 2.75 bits per heavy atom. The van der Waals surface area contributed by atoms with E-state index >= 15 is 0 Å². The lowest BCUT2D eigenvalue weighted by Gasteiger charge is -2.28. The highest BCUT2D eigenvalue weighted by Gasteiger charge is 2.16. The van der Waals surface area contributed by atoms with Crippen molar-refractivity contribution in [2.45, 2.75) is 38.3 Å². The number of benzene rings is 1. The Kier molecular flexibility index (Phi) is 11.1. The maximum Gasteiger partial charge on any atom is 0.190 e. The number of guanidine groups is 1. The predicted molar refractivity (Wildman–Crippen MR) is 125 cm³/mol. The fraction of sp³-hybridized carbons (Fsp3) is 0.667. The fourth-order valence-corrected chi connectivity index (χ4v) is 3.65. The number of ether oxygens (including phenoxy) is 2. The van der Waals surface area contributed by atoms with E-state index in [1.54, 1.807) is 0 Å². The monoisotopic (exact) mass is 502 g/mol. The quantitative estimate of drug-likeness (QED) is 0.235. The van der Waals surface area contributed by atoms with Crippen LogP contribution in [0.15, 0.2) is 29.3 Å². The van der Waals surface area contributed by atoms with Crippen molar-refractivity contribution in [3.63, 3.8) is 0 Å². The van der Waals surface area contributed by atoms with E-state index in [4.69, 9.17) is 9.47 Å². The normalized spacial score (nSPS) is 19.8. The van der Waals surface area contributed by atoms with Gasteiger partial charge >= 0.3 is 0 Å². The molecule has 0 aliphatic carbocycles. The number of nitrogens with zero attached hydrogens (tertiary/aromatic N) is 2. The molecule has 0 aromatic heterocycles. The van der Waals surface area contributed by atoms with Crippen molar-refractivity contribution in [3.8, 4) is 0 Å². The molecule has 3 rings (SSSR count). The van der Waals surface area contributed by atoms with Crippen molar-refractivity contribution >= 4 is 29.9 Å². The van der Waals surface area contributed by atoms with E-state index < -0.39 is 0 Å². The lowest BCUT2D eigenvalue weighted by Crippen LogP contribution is -2.40. The van der Waals surface area contributed by atoms with Gasteiger partial charge in [-0.2, -0.15) is 0 Å². The van der Waals surface area contributed by atoms with Crippen LogP contribution in [0.2, 0.25) is 0 Å². The van der Waals surface area contributed by atoms with E-state index in [9.17, 15) is 0 Å². The SMILES string of the molecule is CN=C(NCCCOC1CCOC1)NCCCN1CCc2ccccc2C1.I. The molecule has 0 spiro atoms. The molecule has 0 amide bonds. The molecule has 28 heavy (non-hydrogen) atoms. The Bertz CT molecular complexity index is 594. The van der Waals surface area contributed by atoms with Gasteiger partial charge in [-0.3, -0.25) is 9.89 Å². The first-order chi connectivity index (χ1) is 13.3. The fourth-order valence-electron chi connectivity index (χ4n) is 3.65. The lowest BCUT2D eigenvalue weighted by atomic mass is 10.00. The van der Waals surface area contributed by atoms with Gasteiger partial charge < -0.3 is 20.1 Å². The van der Waals surface area contributed by atoms with Gasteiger partial charge in [0.05, 0.1) is 12.7 Å². The summed E-state index contributed by atoms with van der Waals surface area (Å²) >= 11 is 0. The van der Waals surface area contributed by atoms with Crippen LogP contribution in [0.3, 0.4) is 0 Å². The van der Waals surface area contributed by atoms with Gasteiger partial charge in [0, 0.05) is 53.0 Å². The maximum absolute atomic E-state index is 5.78. The number of aliphatic imine (C=N–C) groups is 1. The van der Waals surface area contributed by atoms with Crippen molar-refractivity contribution in [1.82, 2.24) is 15.5 Å². The molecule has 1 atom stereocenters. The van der Waals surface area contributed by atoms with Crippen molar-refractivity contribution < 1.29 is 9.47 Å². The summed E-state index contributed by atoms with van der Waals surface area (Å²) in [6.07, 6.45) is 4.59. The minimum atomic E-state index is 0. The van der Waals surface area contributed by atoms with Crippen LogP contribution in [0.4, 0.5) is 0 Å². The summed E-state index contributed by atoms with van der Waals surface area (Å²) < 4.78 is 11.1. The summed E-state index contributed by atoms with van der Waals surface area (Å²) in [5.41, 5.74) is 3.00. The number of hydrogen-bond acceptors (Lipinski definition) is 4. The van der Waals surface area contributed by atoms with Crippen LogP contribution < -0.4 is 10.6 Å². The van der Waals surface area contributed by atoms with Crippen molar-refractivity contribution in [2.24, 2.45) is 4.99 Å². The van der Waals surface area contributed by atoms with Gasteiger partial charge in [0.15, 0.2) is 5.96 Å². The largest absolute Gasteiger partial charge is 0.379 e. The van der Waals surface area contributed by atoms with Gasteiger partial charge in [-0.15, -0.1) is 24.0 Å². The molecule has 2 aliphatic rings. The molecule has 0 radical (unpaired) electrons. The molecule has 1 aromatic carbocycles. The maximum atomic E-state index is 5.78. The molecule has 1 aromatic rings. The van der Waals surface area contributed by atoms with Gasteiger partial charge in [0.25, 0.3) is 0 Å². The zero-order chi connectivity index (χ0) is 18.7. The Balaban J connectivity index is 0.00000280. The van der Waals surface area contributed by atoms with Crippen LogP contribution in [-0.2, 0) is 22.4 Å². The molecular weight excluding hydrogens is 467 g/mol. The van der Waals surface area contributed by atoms with E-state index in [0.29, 0.717) is 6.10 Å². The van der Waals surface area contributed by atoms with Crippen LogP contribution in [0.25, 0.3) is 0 Å². The Labute approximate surface area is 186 Å². The Morgan fingerprint density at radius 1 is 1.21 bits per heavy atom. The first-order valence-electron chi connectivity index (χ1n) is 10.3. The highest BCUT2D eigenvalue weighted by atomic mass is 127. The van der Waals surface area contributed by atoms with E-state index in [2.05, 4.69) is 44.8 Å². The standard InChI is InChI=1S/C21H34N4O2.HI/c1-22-21(24-11-5-14-27-20-9-15-26-17-20)23-10-4-12-25-13-8-18-6-2-3-7-19(18)16-25;/h2-3,6-7,20H,4-5,8-17H2,1H3,(H2,22,23,24);1H. The van der Waals surface area contributed by atoms with E-state index in [0.717, 1.165) is 77.8 Å². The second kappa shape index (κ2) is 13.3. The van der Waals surface area contributed by atoms with Crippen LogP contribution in [0.5, 0.6) is 0 Å². The highest BCUT2D eigenvalue weighted by molar-refractivity contribution is 14.0. The summed E-state index contributed by atoms with van der Waals surface area (Å²) in [6.45, 7) is 7.53. The average Bonchev–Trinajstić information content (AvgIpc) is 3.22. The van der Waals surface area contributed by atoms with E-state index in [-0.39, 0.29) is 24.0 Å². The summed E-state index contributed by atoms with van der Waals surface area (Å²) in [6, 6.07) is 8.81. The molecular formula is C21H35IN4O2. The topological polar surface area (TPSA) is 58.1 Å². The first-order valence-corrected chi connectivity index (χ1v) is 10.3. The van der Waals surface area contributed by atoms with E-state index in [1.807, 2.05) is 7.05 Å². The van der Waals surface area contributed by atoms with Crippen molar-refractivity contribution in [1.29, 1.82) is 0 Å². The van der Waals surface area contributed by atoms with Crippen LogP contribution >= 0.6 is 24.0 Å². The molecule has 158 valence electrons. The van der Waals surface area contributed by atoms with Gasteiger partial charge in [-0.05, 0) is 36.8 Å². The molecule has 7 heteroatoms.